The van der Waals surface area contributed by atoms with Crippen LogP contribution in [-0.4, -0.2) is 37.5 Å². The molecule has 0 atom stereocenters. The van der Waals surface area contributed by atoms with Crippen molar-refractivity contribution >= 4 is 38.8 Å². The summed E-state index contributed by atoms with van der Waals surface area (Å²) in [6, 6.07) is 3.85. The van der Waals surface area contributed by atoms with Crippen molar-refractivity contribution in [3.05, 3.63) is 28.8 Å². The summed E-state index contributed by atoms with van der Waals surface area (Å²) in [6.07, 6.45) is -5.70. The van der Waals surface area contributed by atoms with E-state index in [1.165, 1.54) is 12.1 Å². The predicted octanol–water partition coefficient (Wildman–Crippen LogP) is 2.55. The molecule has 118 valence electrons. The summed E-state index contributed by atoms with van der Waals surface area (Å²) in [5.74, 6) is 0. The number of rotatable bonds is 5. The van der Waals surface area contributed by atoms with Crippen LogP contribution in [0.5, 0.6) is 0 Å². The number of hydrogen-bond acceptors (Lipinski definition) is 3. The first-order valence-corrected chi connectivity index (χ1v) is 7.80. The fourth-order valence-electron chi connectivity index (χ4n) is 1.43. The fraction of sp³-hybridized carbons (Fsp3) is 0.364. The number of hydrogen-bond donors (Lipinski definition) is 1. The lowest BCUT2D eigenvalue weighted by Gasteiger charge is -2.19. The maximum atomic E-state index is 12.2. The number of halogens is 4. The van der Waals surface area contributed by atoms with Crippen molar-refractivity contribution < 1.29 is 21.6 Å². The van der Waals surface area contributed by atoms with Gasteiger partial charge in [-0.15, -0.1) is 0 Å². The molecule has 0 unspecified atom stereocenters. The van der Waals surface area contributed by atoms with Crippen LogP contribution >= 0.6 is 23.8 Å². The SMILES string of the molecule is CN(CCC(F)(F)F)S(=O)(=O)c1cc(C(N)=S)ccc1Cl. The standard InChI is InChI=1S/C11H12ClF3N2O2S2/c1-17(5-4-11(13,14)15)21(18,19)9-6-7(10(16)20)2-3-8(9)12/h2-3,6H,4-5H2,1H3,(H2,16,20). The maximum absolute atomic E-state index is 12.2. The van der Waals surface area contributed by atoms with Gasteiger partial charge in [-0.05, 0) is 12.1 Å². The molecule has 0 saturated carbocycles. The Morgan fingerprint density at radius 3 is 2.48 bits per heavy atom. The van der Waals surface area contributed by atoms with E-state index in [0.717, 1.165) is 13.1 Å². The van der Waals surface area contributed by atoms with E-state index in [0.29, 0.717) is 4.31 Å². The lowest BCUT2D eigenvalue weighted by Crippen LogP contribution is -2.31. The molecule has 21 heavy (non-hydrogen) atoms. The monoisotopic (exact) mass is 360 g/mol. The highest BCUT2D eigenvalue weighted by Crippen LogP contribution is 2.27. The smallest absolute Gasteiger partial charge is 0.389 e. The molecule has 4 nitrogen and oxygen atoms in total. The number of nitrogens with two attached hydrogens (primary N) is 1. The topological polar surface area (TPSA) is 63.4 Å². The highest BCUT2D eigenvalue weighted by Gasteiger charge is 2.31. The molecule has 0 amide bonds. The molecule has 0 spiro atoms. The summed E-state index contributed by atoms with van der Waals surface area (Å²) in [6.45, 7) is -0.709. The van der Waals surface area contributed by atoms with E-state index in [1.807, 2.05) is 0 Å². The Bertz CT molecular complexity index is 647. The van der Waals surface area contributed by atoms with Crippen molar-refractivity contribution in [1.29, 1.82) is 0 Å². The van der Waals surface area contributed by atoms with Crippen LogP contribution in [0.3, 0.4) is 0 Å². The van der Waals surface area contributed by atoms with Crippen molar-refractivity contribution in [2.75, 3.05) is 13.6 Å². The summed E-state index contributed by atoms with van der Waals surface area (Å²) < 4.78 is 61.6. The van der Waals surface area contributed by atoms with Crippen LogP contribution in [0.25, 0.3) is 0 Å². The van der Waals surface area contributed by atoms with Crippen LogP contribution in [0.2, 0.25) is 5.02 Å². The highest BCUT2D eigenvalue weighted by molar-refractivity contribution is 7.89. The zero-order chi connectivity index (χ0) is 16.4. The summed E-state index contributed by atoms with van der Waals surface area (Å²) in [5, 5.41) is -0.117. The molecule has 0 heterocycles. The average molecular weight is 361 g/mol. The van der Waals surface area contributed by atoms with Gasteiger partial charge in [0, 0.05) is 19.2 Å². The van der Waals surface area contributed by atoms with Gasteiger partial charge in [0.2, 0.25) is 10.0 Å². The molecule has 0 aliphatic carbocycles. The molecule has 0 aromatic heterocycles. The quantitative estimate of drug-likeness (QED) is 0.820. The Morgan fingerprint density at radius 1 is 1.43 bits per heavy atom. The van der Waals surface area contributed by atoms with Gasteiger partial charge in [-0.1, -0.05) is 29.9 Å². The lowest BCUT2D eigenvalue weighted by atomic mass is 10.2. The zero-order valence-corrected chi connectivity index (χ0v) is 13.2. The molecular formula is C11H12ClF3N2O2S2. The molecule has 0 aliphatic rings. The normalized spacial score (nSPS) is 12.7. The van der Waals surface area contributed by atoms with Crippen molar-refractivity contribution in [1.82, 2.24) is 4.31 Å². The highest BCUT2D eigenvalue weighted by atomic mass is 35.5. The molecular weight excluding hydrogens is 349 g/mol. The van der Waals surface area contributed by atoms with E-state index in [9.17, 15) is 21.6 Å². The van der Waals surface area contributed by atoms with Crippen LogP contribution in [0.15, 0.2) is 23.1 Å². The van der Waals surface area contributed by atoms with Gasteiger partial charge in [0.15, 0.2) is 0 Å². The van der Waals surface area contributed by atoms with Gasteiger partial charge in [-0.25, -0.2) is 12.7 Å². The molecule has 0 radical (unpaired) electrons. The van der Waals surface area contributed by atoms with Crippen LogP contribution < -0.4 is 5.73 Å². The first-order valence-electron chi connectivity index (χ1n) is 5.57. The van der Waals surface area contributed by atoms with Crippen LogP contribution in [0.1, 0.15) is 12.0 Å². The van der Waals surface area contributed by atoms with E-state index in [2.05, 4.69) is 0 Å². The first-order chi connectivity index (χ1) is 9.45. The minimum atomic E-state index is -4.45. The minimum Gasteiger partial charge on any atom is -0.389 e. The third kappa shape index (κ3) is 4.80. The van der Waals surface area contributed by atoms with Gasteiger partial charge in [0.1, 0.15) is 9.88 Å². The van der Waals surface area contributed by atoms with Gasteiger partial charge in [0.25, 0.3) is 0 Å². The second kappa shape index (κ2) is 6.47. The summed E-state index contributed by atoms with van der Waals surface area (Å²) >= 11 is 10.5. The van der Waals surface area contributed by atoms with E-state index >= 15 is 0 Å². The van der Waals surface area contributed by atoms with Crippen molar-refractivity contribution in [3.63, 3.8) is 0 Å². The minimum absolute atomic E-state index is 0.0407. The Morgan fingerprint density at radius 2 is 2.00 bits per heavy atom. The second-order valence-electron chi connectivity index (χ2n) is 4.20. The van der Waals surface area contributed by atoms with Crippen LogP contribution in [0, 0.1) is 0 Å². The molecule has 1 aromatic rings. The molecule has 0 saturated heterocycles. The summed E-state index contributed by atoms with van der Waals surface area (Å²) in [7, 11) is -3.12. The van der Waals surface area contributed by atoms with Gasteiger partial charge >= 0.3 is 6.18 Å². The molecule has 1 aromatic carbocycles. The van der Waals surface area contributed by atoms with Gasteiger partial charge in [-0.3, -0.25) is 0 Å². The van der Waals surface area contributed by atoms with Crippen molar-refractivity contribution in [3.8, 4) is 0 Å². The largest absolute Gasteiger partial charge is 0.390 e. The third-order valence-electron chi connectivity index (χ3n) is 2.61. The number of benzene rings is 1. The van der Waals surface area contributed by atoms with E-state index in [4.69, 9.17) is 29.6 Å². The van der Waals surface area contributed by atoms with Crippen LogP contribution in [-0.2, 0) is 10.0 Å². The fourth-order valence-corrected chi connectivity index (χ4v) is 3.22. The number of thiocarbonyl (C=S) groups is 1. The predicted molar refractivity (Wildman–Crippen MR) is 77.8 cm³/mol. The Labute approximate surface area is 130 Å². The molecule has 1 rings (SSSR count). The second-order valence-corrected chi connectivity index (χ2v) is 7.06. The van der Waals surface area contributed by atoms with Gasteiger partial charge in [-0.2, -0.15) is 13.2 Å². The summed E-state index contributed by atoms with van der Waals surface area (Å²) in [4.78, 5) is -0.375. The first kappa shape index (κ1) is 18.1. The Balaban J connectivity index is 3.12. The van der Waals surface area contributed by atoms with E-state index in [-0.39, 0.29) is 20.5 Å². The lowest BCUT2D eigenvalue weighted by molar-refractivity contribution is -0.135. The molecule has 0 bridgehead atoms. The van der Waals surface area contributed by atoms with Crippen LogP contribution in [0.4, 0.5) is 13.2 Å². The molecule has 0 aliphatic heterocycles. The zero-order valence-electron chi connectivity index (χ0n) is 10.8. The van der Waals surface area contributed by atoms with Crippen molar-refractivity contribution in [2.45, 2.75) is 17.5 Å². The third-order valence-corrected chi connectivity index (χ3v) is 5.19. The number of alkyl halides is 3. The van der Waals surface area contributed by atoms with E-state index < -0.39 is 29.2 Å². The summed E-state index contributed by atoms with van der Waals surface area (Å²) in [5.41, 5.74) is 5.66. The van der Waals surface area contributed by atoms with Gasteiger partial charge in [0.05, 0.1) is 11.4 Å². The van der Waals surface area contributed by atoms with Gasteiger partial charge < -0.3 is 5.73 Å². The Hall–Kier alpha value is -0.900. The van der Waals surface area contributed by atoms with E-state index in [1.54, 1.807) is 0 Å². The Kier molecular flexibility index (Phi) is 5.59. The number of nitrogens with zero attached hydrogens (tertiary/aromatic N) is 1. The molecule has 10 heteroatoms. The van der Waals surface area contributed by atoms with Crippen molar-refractivity contribution in [2.24, 2.45) is 5.73 Å². The maximum Gasteiger partial charge on any atom is 0.390 e. The average Bonchev–Trinajstić information content (AvgIpc) is 2.34. The molecule has 0 fully saturated rings. The number of sulfonamides is 1. The molecule has 2 N–H and O–H groups in total.